The number of carbonyl (C=O) groups excluding carboxylic acids is 1. The summed E-state index contributed by atoms with van der Waals surface area (Å²) in [5.41, 5.74) is 1.84. The summed E-state index contributed by atoms with van der Waals surface area (Å²) in [5.74, 6) is -4.17. The van der Waals surface area contributed by atoms with E-state index in [9.17, 15) is 14.4 Å². The second-order valence-corrected chi connectivity index (χ2v) is 5.34. The van der Waals surface area contributed by atoms with Crippen LogP contribution >= 0.6 is 11.3 Å². The summed E-state index contributed by atoms with van der Waals surface area (Å²) in [6, 6.07) is 8.88. The fourth-order valence-corrected chi connectivity index (χ4v) is 2.64. The Balaban J connectivity index is 2.41. The largest absolute Gasteiger partial charge is 0.477 e. The van der Waals surface area contributed by atoms with Gasteiger partial charge in [-0.3, -0.25) is 4.79 Å². The molecule has 3 N–H and O–H groups in total. The molecule has 1 heterocycles. The number of aryl methyl sites for hydroxylation is 1. The number of thiophene rings is 1. The number of hydrogen-bond donors (Lipinski definition) is 3. The van der Waals surface area contributed by atoms with Crippen LogP contribution in [0.2, 0.25) is 0 Å². The first kappa shape index (κ1) is 14.7. The third-order valence-corrected chi connectivity index (χ3v) is 3.88. The minimum Gasteiger partial charge on any atom is -0.477 e. The summed E-state index contributed by atoms with van der Waals surface area (Å²) in [5, 5.41) is 19.8. The van der Waals surface area contributed by atoms with Crippen molar-refractivity contribution in [3.63, 3.8) is 0 Å². The number of nitrogens with one attached hydrogen (secondary N) is 1. The summed E-state index contributed by atoms with van der Waals surface area (Å²) in [6.45, 7) is 1.93. The quantitative estimate of drug-likeness (QED) is 0.756. The Bertz CT molecular complexity index is 717. The maximum atomic E-state index is 11.2. The standard InChI is InChI=1S/C14H11NO5S/c1-7-2-4-8(5-3-7)10-6-9(11(21-10)13(17)18)15-12(16)14(19)20/h2-6H,1H3,(H,15,16)(H,17,18)(H,19,20). The molecular formula is C14H11NO5S. The van der Waals surface area contributed by atoms with Crippen LogP contribution in [0.15, 0.2) is 30.3 Å². The molecule has 0 unspecified atom stereocenters. The molecule has 1 amide bonds. The van der Waals surface area contributed by atoms with E-state index in [1.165, 1.54) is 6.07 Å². The van der Waals surface area contributed by atoms with Crippen molar-refractivity contribution in [1.82, 2.24) is 0 Å². The predicted octanol–water partition coefficient (Wildman–Crippen LogP) is 2.44. The molecule has 0 saturated carbocycles. The number of carboxylic acid groups (broad SMARTS) is 2. The van der Waals surface area contributed by atoms with Gasteiger partial charge in [-0.15, -0.1) is 11.3 Å². The van der Waals surface area contributed by atoms with Crippen LogP contribution in [0.3, 0.4) is 0 Å². The topological polar surface area (TPSA) is 104 Å². The first-order valence-corrected chi connectivity index (χ1v) is 6.68. The summed E-state index contributed by atoms with van der Waals surface area (Å²) < 4.78 is 0. The third-order valence-electron chi connectivity index (χ3n) is 2.70. The first-order chi connectivity index (χ1) is 9.88. The molecule has 0 fully saturated rings. The molecule has 108 valence electrons. The molecule has 0 aliphatic heterocycles. The number of aliphatic carboxylic acids is 1. The Kier molecular flexibility index (Phi) is 4.04. The van der Waals surface area contributed by atoms with Crippen LogP contribution < -0.4 is 5.32 Å². The van der Waals surface area contributed by atoms with Gasteiger partial charge in [0.1, 0.15) is 4.88 Å². The van der Waals surface area contributed by atoms with E-state index >= 15 is 0 Å². The fraction of sp³-hybridized carbons (Fsp3) is 0.0714. The third kappa shape index (κ3) is 3.26. The van der Waals surface area contributed by atoms with Crippen molar-refractivity contribution >= 4 is 34.9 Å². The number of anilines is 1. The number of aromatic carboxylic acids is 1. The monoisotopic (exact) mass is 305 g/mol. The molecular weight excluding hydrogens is 294 g/mol. The molecule has 0 saturated heterocycles. The van der Waals surface area contributed by atoms with E-state index in [4.69, 9.17) is 10.2 Å². The van der Waals surface area contributed by atoms with Crippen LogP contribution in [-0.2, 0) is 9.59 Å². The van der Waals surface area contributed by atoms with Crippen LogP contribution in [0.1, 0.15) is 15.2 Å². The molecule has 1 aromatic carbocycles. The van der Waals surface area contributed by atoms with Gasteiger partial charge in [-0.25, -0.2) is 9.59 Å². The highest BCUT2D eigenvalue weighted by atomic mass is 32.1. The van der Waals surface area contributed by atoms with Gasteiger partial charge in [0.05, 0.1) is 5.69 Å². The maximum Gasteiger partial charge on any atom is 0.394 e. The zero-order valence-electron chi connectivity index (χ0n) is 10.9. The lowest BCUT2D eigenvalue weighted by Gasteiger charge is -1.99. The minimum atomic E-state index is -1.67. The number of hydrogen-bond acceptors (Lipinski definition) is 4. The van der Waals surface area contributed by atoms with Gasteiger partial charge >= 0.3 is 17.8 Å². The highest BCUT2D eigenvalue weighted by Crippen LogP contribution is 2.35. The maximum absolute atomic E-state index is 11.2. The lowest BCUT2D eigenvalue weighted by atomic mass is 10.1. The number of amides is 1. The van der Waals surface area contributed by atoms with Gasteiger partial charge < -0.3 is 15.5 Å². The van der Waals surface area contributed by atoms with Crippen LogP contribution in [-0.4, -0.2) is 28.1 Å². The molecule has 7 heteroatoms. The predicted molar refractivity (Wildman–Crippen MR) is 77.7 cm³/mol. The van der Waals surface area contributed by atoms with Gasteiger partial charge in [-0.05, 0) is 18.6 Å². The second-order valence-electron chi connectivity index (χ2n) is 4.28. The Morgan fingerprint density at radius 2 is 1.71 bits per heavy atom. The summed E-state index contributed by atoms with van der Waals surface area (Å²) in [7, 11) is 0. The average molecular weight is 305 g/mol. The van der Waals surface area contributed by atoms with Crippen molar-refractivity contribution in [2.45, 2.75) is 6.92 Å². The van der Waals surface area contributed by atoms with Gasteiger partial charge in [0.15, 0.2) is 0 Å². The Morgan fingerprint density at radius 3 is 2.24 bits per heavy atom. The van der Waals surface area contributed by atoms with Gasteiger partial charge in [0.25, 0.3) is 0 Å². The highest BCUT2D eigenvalue weighted by Gasteiger charge is 2.20. The van der Waals surface area contributed by atoms with E-state index in [1.807, 2.05) is 31.2 Å². The van der Waals surface area contributed by atoms with Crippen molar-refractivity contribution in [1.29, 1.82) is 0 Å². The van der Waals surface area contributed by atoms with E-state index in [1.54, 1.807) is 0 Å². The van der Waals surface area contributed by atoms with Crippen molar-refractivity contribution in [3.8, 4) is 10.4 Å². The molecule has 21 heavy (non-hydrogen) atoms. The highest BCUT2D eigenvalue weighted by molar-refractivity contribution is 7.18. The molecule has 0 radical (unpaired) electrons. The van der Waals surface area contributed by atoms with Crippen LogP contribution in [0.25, 0.3) is 10.4 Å². The van der Waals surface area contributed by atoms with E-state index < -0.39 is 17.8 Å². The van der Waals surface area contributed by atoms with E-state index in [-0.39, 0.29) is 10.6 Å². The molecule has 2 rings (SSSR count). The number of carboxylic acids is 2. The molecule has 0 aliphatic carbocycles. The minimum absolute atomic E-state index is 0.0181. The molecule has 0 aliphatic rings. The summed E-state index contributed by atoms with van der Waals surface area (Å²) >= 11 is 0.973. The second kappa shape index (κ2) is 5.76. The summed E-state index contributed by atoms with van der Waals surface area (Å²) in [6.07, 6.45) is 0. The van der Waals surface area contributed by atoms with Crippen molar-refractivity contribution in [2.24, 2.45) is 0 Å². The molecule has 6 nitrogen and oxygen atoms in total. The van der Waals surface area contributed by atoms with Crippen molar-refractivity contribution in [3.05, 3.63) is 40.8 Å². The van der Waals surface area contributed by atoms with Crippen LogP contribution in [0.5, 0.6) is 0 Å². The number of rotatable bonds is 3. The van der Waals surface area contributed by atoms with Crippen LogP contribution in [0, 0.1) is 6.92 Å². The Morgan fingerprint density at radius 1 is 1.10 bits per heavy atom. The van der Waals surface area contributed by atoms with Gasteiger partial charge in [0, 0.05) is 4.88 Å². The Labute approximate surface area is 123 Å². The van der Waals surface area contributed by atoms with Crippen molar-refractivity contribution in [2.75, 3.05) is 5.32 Å². The SMILES string of the molecule is Cc1ccc(-c2cc(NC(=O)C(=O)O)c(C(=O)O)s2)cc1. The molecule has 2 aromatic rings. The normalized spacial score (nSPS) is 10.1. The first-order valence-electron chi connectivity index (χ1n) is 5.87. The fourth-order valence-electron chi connectivity index (χ4n) is 1.68. The van der Waals surface area contributed by atoms with E-state index in [0.717, 1.165) is 22.5 Å². The molecule has 0 atom stereocenters. The van der Waals surface area contributed by atoms with Gasteiger partial charge in [-0.1, -0.05) is 29.8 Å². The molecule has 0 spiro atoms. The summed E-state index contributed by atoms with van der Waals surface area (Å²) in [4.78, 5) is 33.4. The zero-order valence-corrected chi connectivity index (χ0v) is 11.7. The van der Waals surface area contributed by atoms with Gasteiger partial charge in [0.2, 0.25) is 0 Å². The van der Waals surface area contributed by atoms with Crippen LogP contribution in [0.4, 0.5) is 5.69 Å². The number of carbonyl (C=O) groups is 3. The lowest BCUT2D eigenvalue weighted by molar-refractivity contribution is -0.147. The van der Waals surface area contributed by atoms with E-state index in [2.05, 4.69) is 5.32 Å². The smallest absolute Gasteiger partial charge is 0.394 e. The Hall–Kier alpha value is -2.67. The molecule has 0 bridgehead atoms. The molecule has 1 aromatic heterocycles. The zero-order chi connectivity index (χ0) is 15.6. The number of benzene rings is 1. The lowest BCUT2D eigenvalue weighted by Crippen LogP contribution is -2.22. The van der Waals surface area contributed by atoms with Gasteiger partial charge in [-0.2, -0.15) is 0 Å². The van der Waals surface area contributed by atoms with E-state index in [0.29, 0.717) is 4.88 Å². The van der Waals surface area contributed by atoms with Crippen molar-refractivity contribution < 1.29 is 24.6 Å². The average Bonchev–Trinajstić information content (AvgIpc) is 2.83.